The molecule has 5 nitrogen and oxygen atoms in total. The molecule has 1 aliphatic heterocycles. The van der Waals surface area contributed by atoms with Gasteiger partial charge in [0.1, 0.15) is 0 Å². The first-order chi connectivity index (χ1) is 11.0. The van der Waals surface area contributed by atoms with Gasteiger partial charge in [-0.1, -0.05) is 25.1 Å². The lowest BCUT2D eigenvalue weighted by atomic mass is 10.2. The maximum absolute atomic E-state index is 12.7. The zero-order chi connectivity index (χ0) is 16.8. The van der Waals surface area contributed by atoms with E-state index in [1.165, 1.54) is 0 Å². The molecule has 1 N–H and O–H groups in total. The van der Waals surface area contributed by atoms with Gasteiger partial charge in [0.15, 0.2) is 0 Å². The third-order valence-corrected chi connectivity index (χ3v) is 4.12. The van der Waals surface area contributed by atoms with E-state index in [2.05, 4.69) is 0 Å². The van der Waals surface area contributed by atoms with Crippen LogP contribution in [0.15, 0.2) is 30.3 Å². The van der Waals surface area contributed by atoms with E-state index in [0.29, 0.717) is 26.1 Å². The van der Waals surface area contributed by atoms with Crippen LogP contribution in [0.2, 0.25) is 0 Å². The van der Waals surface area contributed by atoms with Gasteiger partial charge in [-0.2, -0.15) is 0 Å². The van der Waals surface area contributed by atoms with Crippen LogP contribution in [0, 0.1) is 0 Å². The molecule has 1 fully saturated rings. The van der Waals surface area contributed by atoms with Gasteiger partial charge in [0.2, 0.25) is 5.91 Å². The highest BCUT2D eigenvalue weighted by molar-refractivity contribution is 5.81. The molecular weight excluding hydrogens is 292 g/mol. The van der Waals surface area contributed by atoms with E-state index in [0.717, 1.165) is 5.69 Å². The fraction of sp³-hybridized carbons (Fsp3) is 0.611. The van der Waals surface area contributed by atoms with Crippen LogP contribution in [0.1, 0.15) is 27.2 Å². The van der Waals surface area contributed by atoms with Gasteiger partial charge in [0, 0.05) is 25.3 Å². The van der Waals surface area contributed by atoms with Crippen molar-refractivity contribution < 1.29 is 14.6 Å². The molecule has 0 saturated carbocycles. The van der Waals surface area contributed by atoms with Gasteiger partial charge in [-0.05, 0) is 32.4 Å². The molecule has 5 heteroatoms. The minimum Gasteiger partial charge on any atom is -0.391 e. The average molecular weight is 320 g/mol. The van der Waals surface area contributed by atoms with Crippen LogP contribution < -0.4 is 4.90 Å². The first-order valence-corrected chi connectivity index (χ1v) is 8.40. The molecule has 1 saturated heterocycles. The Kier molecular flexibility index (Phi) is 6.42. The zero-order valence-electron chi connectivity index (χ0n) is 14.3. The number of amides is 1. The maximum atomic E-state index is 12.7. The Morgan fingerprint density at radius 1 is 1.30 bits per heavy atom. The van der Waals surface area contributed by atoms with Crippen LogP contribution in [0.5, 0.6) is 0 Å². The highest BCUT2D eigenvalue weighted by Crippen LogP contribution is 2.16. The van der Waals surface area contributed by atoms with Crippen molar-refractivity contribution in [2.24, 2.45) is 0 Å². The van der Waals surface area contributed by atoms with Gasteiger partial charge in [0.05, 0.1) is 24.9 Å². The highest BCUT2D eigenvalue weighted by atomic mass is 16.5. The number of nitrogens with zero attached hydrogens (tertiary/aromatic N) is 2. The van der Waals surface area contributed by atoms with Crippen molar-refractivity contribution >= 4 is 11.6 Å². The zero-order valence-corrected chi connectivity index (χ0v) is 14.3. The highest BCUT2D eigenvalue weighted by Gasteiger charge is 2.27. The van der Waals surface area contributed by atoms with Gasteiger partial charge in [0.25, 0.3) is 0 Å². The number of para-hydroxylation sites is 1. The Morgan fingerprint density at radius 3 is 2.48 bits per heavy atom. The third kappa shape index (κ3) is 5.22. The number of hydrogen-bond acceptors (Lipinski definition) is 4. The van der Waals surface area contributed by atoms with Crippen LogP contribution in [-0.4, -0.2) is 60.4 Å². The molecule has 3 unspecified atom stereocenters. The number of carbonyl (C=O) groups is 1. The molecule has 23 heavy (non-hydrogen) atoms. The van der Waals surface area contributed by atoms with Gasteiger partial charge in [-0.3, -0.25) is 4.79 Å². The van der Waals surface area contributed by atoms with E-state index in [-0.39, 0.29) is 24.7 Å². The summed E-state index contributed by atoms with van der Waals surface area (Å²) in [5, 5.41) is 10.0. The molecule has 0 aliphatic carbocycles. The molecule has 3 atom stereocenters. The van der Waals surface area contributed by atoms with E-state index in [4.69, 9.17) is 4.74 Å². The molecule has 128 valence electrons. The molecule has 0 bridgehead atoms. The molecule has 0 radical (unpaired) electrons. The number of ether oxygens (including phenoxy) is 1. The monoisotopic (exact) mass is 320 g/mol. The summed E-state index contributed by atoms with van der Waals surface area (Å²) < 4.78 is 5.69. The van der Waals surface area contributed by atoms with Crippen molar-refractivity contribution in [2.45, 2.75) is 45.5 Å². The lowest BCUT2D eigenvalue weighted by Crippen LogP contribution is -2.51. The van der Waals surface area contributed by atoms with Gasteiger partial charge >= 0.3 is 0 Å². The van der Waals surface area contributed by atoms with Crippen molar-refractivity contribution in [2.75, 3.05) is 31.1 Å². The van der Waals surface area contributed by atoms with Crippen molar-refractivity contribution in [3.8, 4) is 0 Å². The molecular formula is C18H28N2O3. The van der Waals surface area contributed by atoms with E-state index in [9.17, 15) is 9.90 Å². The Labute approximate surface area is 138 Å². The Hall–Kier alpha value is -1.59. The van der Waals surface area contributed by atoms with Crippen molar-refractivity contribution in [1.82, 2.24) is 4.90 Å². The van der Waals surface area contributed by atoms with Crippen LogP contribution in [0.4, 0.5) is 5.69 Å². The summed E-state index contributed by atoms with van der Waals surface area (Å²) >= 11 is 0. The fourth-order valence-corrected chi connectivity index (χ4v) is 2.93. The minimum absolute atomic E-state index is 0.0640. The second-order valence-corrected chi connectivity index (χ2v) is 6.33. The number of rotatable bonds is 6. The molecule has 1 aromatic carbocycles. The molecule has 1 heterocycles. The first kappa shape index (κ1) is 17.8. The Balaban J connectivity index is 2.06. The summed E-state index contributed by atoms with van der Waals surface area (Å²) in [7, 11) is 0. The predicted molar refractivity (Wildman–Crippen MR) is 91.5 cm³/mol. The lowest BCUT2D eigenvalue weighted by molar-refractivity contribution is -0.141. The van der Waals surface area contributed by atoms with Gasteiger partial charge in [-0.25, -0.2) is 0 Å². The van der Waals surface area contributed by atoms with Gasteiger partial charge in [-0.15, -0.1) is 0 Å². The molecule has 2 rings (SSSR count). The number of hydrogen-bond donors (Lipinski definition) is 1. The molecule has 0 aromatic heterocycles. The van der Waals surface area contributed by atoms with E-state index in [1.54, 1.807) is 0 Å². The van der Waals surface area contributed by atoms with Crippen molar-refractivity contribution in [1.29, 1.82) is 0 Å². The van der Waals surface area contributed by atoms with Gasteiger partial charge < -0.3 is 19.6 Å². The number of anilines is 1. The summed E-state index contributed by atoms with van der Waals surface area (Å²) in [5.41, 5.74) is 0.961. The minimum atomic E-state index is -0.439. The summed E-state index contributed by atoms with van der Waals surface area (Å²) in [5.74, 6) is 0.0826. The maximum Gasteiger partial charge on any atom is 0.242 e. The largest absolute Gasteiger partial charge is 0.391 e. The number of benzene rings is 1. The van der Waals surface area contributed by atoms with E-state index < -0.39 is 6.10 Å². The predicted octanol–water partition coefficient (Wildman–Crippen LogP) is 1.90. The lowest BCUT2D eigenvalue weighted by Gasteiger charge is -2.37. The van der Waals surface area contributed by atoms with Crippen LogP contribution in [0.25, 0.3) is 0 Å². The summed E-state index contributed by atoms with van der Waals surface area (Å²) in [6, 6.07) is 9.79. The average Bonchev–Trinajstić information content (AvgIpc) is 2.53. The molecule has 0 spiro atoms. The van der Waals surface area contributed by atoms with E-state index >= 15 is 0 Å². The molecule has 1 aliphatic rings. The molecule has 1 aromatic rings. The smallest absolute Gasteiger partial charge is 0.242 e. The topological polar surface area (TPSA) is 53.0 Å². The third-order valence-electron chi connectivity index (χ3n) is 4.12. The summed E-state index contributed by atoms with van der Waals surface area (Å²) in [4.78, 5) is 16.5. The Bertz CT molecular complexity index is 484. The second kappa shape index (κ2) is 8.31. The number of aliphatic hydroxyl groups excluding tert-OH is 1. The quantitative estimate of drug-likeness (QED) is 0.870. The number of carbonyl (C=O) groups excluding carboxylic acids is 1. The number of morpholine rings is 1. The van der Waals surface area contributed by atoms with Crippen molar-refractivity contribution in [3.63, 3.8) is 0 Å². The van der Waals surface area contributed by atoms with Crippen LogP contribution in [-0.2, 0) is 9.53 Å². The second-order valence-electron chi connectivity index (χ2n) is 6.33. The Morgan fingerprint density at radius 2 is 1.91 bits per heavy atom. The van der Waals surface area contributed by atoms with E-state index in [1.807, 2.05) is 60.9 Å². The molecule has 1 amide bonds. The van der Waals surface area contributed by atoms with Crippen molar-refractivity contribution in [3.05, 3.63) is 30.3 Å². The summed E-state index contributed by atoms with van der Waals surface area (Å²) in [6.45, 7) is 7.92. The first-order valence-electron chi connectivity index (χ1n) is 8.40. The standard InChI is InChI=1S/C18H28N2O3/c1-4-17(21)12-19(16-8-6-5-7-9-16)13-18(22)20-10-14(2)23-15(3)11-20/h5-9,14-15,17,21H,4,10-13H2,1-3H3. The van der Waals surface area contributed by atoms with Crippen LogP contribution >= 0.6 is 0 Å². The fourth-order valence-electron chi connectivity index (χ4n) is 2.93. The SMILES string of the molecule is CCC(O)CN(CC(=O)N1CC(C)OC(C)C1)c1ccccc1. The normalized spacial score (nSPS) is 22.7. The summed E-state index contributed by atoms with van der Waals surface area (Å²) in [6.07, 6.45) is 0.358. The number of aliphatic hydroxyl groups is 1. The van der Waals surface area contributed by atoms with Crippen LogP contribution in [0.3, 0.4) is 0 Å².